The van der Waals surface area contributed by atoms with Gasteiger partial charge in [-0.05, 0) is 42.7 Å². The molecule has 0 spiro atoms. The number of aromatic nitrogens is 1. The zero-order valence-electron chi connectivity index (χ0n) is 11.2. The van der Waals surface area contributed by atoms with Crippen molar-refractivity contribution >= 4 is 0 Å². The van der Waals surface area contributed by atoms with Gasteiger partial charge in [0.2, 0.25) is 5.88 Å². The van der Waals surface area contributed by atoms with E-state index >= 15 is 0 Å². The van der Waals surface area contributed by atoms with Crippen molar-refractivity contribution < 1.29 is 17.9 Å². The maximum absolute atomic E-state index is 12.4. The number of hydrogen-bond donors (Lipinski definition) is 0. The molecule has 1 heterocycles. The van der Waals surface area contributed by atoms with E-state index < -0.39 is 11.7 Å². The molecule has 2 nitrogen and oxygen atoms in total. The number of hydrogen-bond acceptors (Lipinski definition) is 2. The number of benzene rings is 1. The van der Waals surface area contributed by atoms with Gasteiger partial charge in [-0.2, -0.15) is 13.2 Å². The smallest absolute Gasteiger partial charge is 0.417 e. The Morgan fingerprint density at radius 2 is 1.90 bits per heavy atom. The number of pyridine rings is 1. The average molecular weight is 281 g/mol. The predicted octanol–water partition coefficient (Wildman–Crippen LogP) is 4.76. The molecule has 1 aromatic carbocycles. The molecule has 106 valence electrons. The minimum Gasteiger partial charge on any atom is -0.439 e. The van der Waals surface area contributed by atoms with Crippen LogP contribution < -0.4 is 4.74 Å². The molecule has 0 aliphatic carbocycles. The van der Waals surface area contributed by atoms with E-state index in [1.54, 1.807) is 0 Å². The molecular formula is C15H14F3NO. The first-order chi connectivity index (χ1) is 9.38. The summed E-state index contributed by atoms with van der Waals surface area (Å²) in [6.07, 6.45) is -2.76. The Kier molecular flexibility index (Phi) is 3.97. The van der Waals surface area contributed by atoms with Crippen LogP contribution in [0.15, 0.2) is 36.5 Å². The van der Waals surface area contributed by atoms with Crippen molar-refractivity contribution in [3.63, 3.8) is 0 Å². The molecular weight excluding hydrogens is 267 g/mol. The molecule has 0 saturated carbocycles. The highest BCUT2D eigenvalue weighted by Crippen LogP contribution is 2.30. The second-order valence-electron chi connectivity index (χ2n) is 4.49. The van der Waals surface area contributed by atoms with Crippen LogP contribution in [-0.2, 0) is 12.6 Å². The molecule has 5 heteroatoms. The quantitative estimate of drug-likeness (QED) is 0.809. The van der Waals surface area contributed by atoms with Crippen molar-refractivity contribution in [3.05, 3.63) is 53.2 Å². The Morgan fingerprint density at radius 1 is 1.15 bits per heavy atom. The molecule has 1 aromatic heterocycles. The zero-order valence-corrected chi connectivity index (χ0v) is 11.2. The van der Waals surface area contributed by atoms with Crippen LogP contribution in [0.2, 0.25) is 0 Å². The molecule has 0 radical (unpaired) electrons. The van der Waals surface area contributed by atoms with Gasteiger partial charge in [0.25, 0.3) is 0 Å². The van der Waals surface area contributed by atoms with E-state index in [4.69, 9.17) is 4.74 Å². The van der Waals surface area contributed by atoms with Crippen molar-refractivity contribution in [2.45, 2.75) is 26.4 Å². The van der Waals surface area contributed by atoms with E-state index in [-0.39, 0.29) is 5.88 Å². The van der Waals surface area contributed by atoms with Gasteiger partial charge in [0.05, 0.1) is 5.56 Å². The van der Waals surface area contributed by atoms with Crippen LogP contribution in [0.1, 0.15) is 23.6 Å². The Balaban J connectivity index is 2.20. The summed E-state index contributed by atoms with van der Waals surface area (Å²) >= 11 is 0. The Morgan fingerprint density at radius 3 is 2.45 bits per heavy atom. The highest BCUT2D eigenvalue weighted by molar-refractivity contribution is 5.36. The van der Waals surface area contributed by atoms with Crippen molar-refractivity contribution in [2.24, 2.45) is 0 Å². The van der Waals surface area contributed by atoms with Gasteiger partial charge in [-0.25, -0.2) is 4.98 Å². The van der Waals surface area contributed by atoms with Crippen LogP contribution >= 0.6 is 0 Å². The molecule has 0 atom stereocenters. The Labute approximate surface area is 115 Å². The largest absolute Gasteiger partial charge is 0.439 e. The normalized spacial score (nSPS) is 11.4. The molecule has 0 N–H and O–H groups in total. The molecule has 0 unspecified atom stereocenters. The highest BCUT2D eigenvalue weighted by Gasteiger charge is 2.30. The van der Waals surface area contributed by atoms with E-state index in [1.807, 2.05) is 32.0 Å². The second-order valence-corrected chi connectivity index (χ2v) is 4.49. The third kappa shape index (κ3) is 3.50. The average Bonchev–Trinajstić information content (AvgIpc) is 2.37. The summed E-state index contributed by atoms with van der Waals surface area (Å²) in [6.45, 7) is 3.96. The second kappa shape index (κ2) is 5.53. The monoisotopic (exact) mass is 281 g/mol. The van der Waals surface area contributed by atoms with Crippen LogP contribution in [0.4, 0.5) is 13.2 Å². The van der Waals surface area contributed by atoms with Gasteiger partial charge in [0.15, 0.2) is 0 Å². The molecule has 0 saturated heterocycles. The molecule has 0 aliphatic rings. The van der Waals surface area contributed by atoms with Crippen molar-refractivity contribution in [2.75, 3.05) is 0 Å². The van der Waals surface area contributed by atoms with E-state index in [1.165, 1.54) is 6.07 Å². The third-order valence-corrected chi connectivity index (χ3v) is 2.80. The summed E-state index contributed by atoms with van der Waals surface area (Å²) in [4.78, 5) is 3.68. The van der Waals surface area contributed by atoms with Gasteiger partial charge in [-0.1, -0.05) is 13.0 Å². The first-order valence-corrected chi connectivity index (χ1v) is 6.20. The summed E-state index contributed by atoms with van der Waals surface area (Å²) in [7, 11) is 0. The molecule has 20 heavy (non-hydrogen) atoms. The van der Waals surface area contributed by atoms with Crippen molar-refractivity contribution in [1.29, 1.82) is 0 Å². The van der Waals surface area contributed by atoms with Crippen molar-refractivity contribution in [3.8, 4) is 11.6 Å². The molecule has 2 aromatic rings. The van der Waals surface area contributed by atoms with Crippen LogP contribution in [-0.4, -0.2) is 4.98 Å². The maximum atomic E-state index is 12.4. The van der Waals surface area contributed by atoms with E-state index in [2.05, 4.69) is 4.98 Å². The Bertz CT molecular complexity index is 591. The standard InChI is InChI=1S/C15H14F3NO/c1-3-11-6-10(2)7-13(8-11)20-14-5-4-12(9-19-14)15(16,17)18/h4-9H,3H2,1-2H3. The number of rotatable bonds is 3. The fraction of sp³-hybridized carbons (Fsp3) is 0.267. The van der Waals surface area contributed by atoms with Crippen LogP contribution in [0.3, 0.4) is 0 Å². The lowest BCUT2D eigenvalue weighted by Crippen LogP contribution is -2.05. The first kappa shape index (κ1) is 14.4. The molecule has 0 aliphatic heterocycles. The minimum absolute atomic E-state index is 0.144. The fourth-order valence-electron chi connectivity index (χ4n) is 1.82. The Hall–Kier alpha value is -2.04. The molecule has 0 fully saturated rings. The lowest BCUT2D eigenvalue weighted by Gasteiger charge is -2.09. The van der Waals surface area contributed by atoms with Gasteiger partial charge in [-0.3, -0.25) is 0 Å². The lowest BCUT2D eigenvalue weighted by atomic mass is 10.1. The maximum Gasteiger partial charge on any atom is 0.417 e. The van der Waals surface area contributed by atoms with E-state index in [0.29, 0.717) is 5.75 Å². The summed E-state index contributed by atoms with van der Waals surface area (Å²) in [6, 6.07) is 7.88. The van der Waals surface area contributed by atoms with E-state index in [9.17, 15) is 13.2 Å². The first-order valence-electron chi connectivity index (χ1n) is 6.20. The van der Waals surface area contributed by atoms with Gasteiger partial charge < -0.3 is 4.74 Å². The SMILES string of the molecule is CCc1cc(C)cc(Oc2ccc(C(F)(F)F)cn2)c1. The summed E-state index contributed by atoms with van der Waals surface area (Å²) in [5, 5.41) is 0. The summed E-state index contributed by atoms with van der Waals surface area (Å²) in [5.74, 6) is 0.722. The van der Waals surface area contributed by atoms with Crippen molar-refractivity contribution in [1.82, 2.24) is 4.98 Å². The minimum atomic E-state index is -4.38. The molecule has 0 bridgehead atoms. The van der Waals surface area contributed by atoms with Gasteiger partial charge in [-0.15, -0.1) is 0 Å². The van der Waals surface area contributed by atoms with Crippen LogP contribution in [0.25, 0.3) is 0 Å². The number of nitrogens with zero attached hydrogens (tertiary/aromatic N) is 1. The summed E-state index contributed by atoms with van der Waals surface area (Å²) < 4.78 is 42.7. The van der Waals surface area contributed by atoms with Crippen LogP contribution in [0, 0.1) is 6.92 Å². The molecule has 0 amide bonds. The number of halogens is 3. The number of aryl methyl sites for hydroxylation is 2. The topological polar surface area (TPSA) is 22.1 Å². The predicted molar refractivity (Wildman–Crippen MR) is 69.9 cm³/mol. The zero-order chi connectivity index (χ0) is 14.8. The van der Waals surface area contributed by atoms with Gasteiger partial charge in [0, 0.05) is 12.3 Å². The highest BCUT2D eigenvalue weighted by atomic mass is 19.4. The lowest BCUT2D eigenvalue weighted by molar-refractivity contribution is -0.137. The van der Waals surface area contributed by atoms with E-state index in [0.717, 1.165) is 29.8 Å². The fourth-order valence-corrected chi connectivity index (χ4v) is 1.82. The van der Waals surface area contributed by atoms with Gasteiger partial charge >= 0.3 is 6.18 Å². The third-order valence-electron chi connectivity index (χ3n) is 2.80. The number of alkyl halides is 3. The number of ether oxygens (including phenoxy) is 1. The summed E-state index contributed by atoms with van der Waals surface area (Å²) in [5.41, 5.74) is 1.35. The van der Waals surface area contributed by atoms with Crippen LogP contribution in [0.5, 0.6) is 11.6 Å². The molecule has 2 rings (SSSR count). The van der Waals surface area contributed by atoms with Gasteiger partial charge in [0.1, 0.15) is 5.75 Å².